The predicted molar refractivity (Wildman–Crippen MR) is 69.6 cm³/mol. The molecule has 0 saturated carbocycles. The maximum atomic E-state index is 11.4. The summed E-state index contributed by atoms with van der Waals surface area (Å²) in [7, 11) is 1.11. The molecule has 21 heavy (non-hydrogen) atoms. The highest BCUT2D eigenvalue weighted by Gasteiger charge is 2.16. The molecule has 0 aromatic heterocycles. The Morgan fingerprint density at radius 3 is 2.81 bits per heavy atom. The van der Waals surface area contributed by atoms with Crippen molar-refractivity contribution in [2.75, 3.05) is 20.3 Å². The number of benzene rings is 1. The SMILES string of the molecule is COC(=O)C(O)CNC(=O)COc1cccc([N+](=O)[O-])c1. The van der Waals surface area contributed by atoms with Gasteiger partial charge in [0.15, 0.2) is 12.7 Å². The number of carbonyl (C=O) groups is 2. The number of nitrogens with one attached hydrogen (secondary N) is 1. The van der Waals surface area contributed by atoms with Gasteiger partial charge in [-0.15, -0.1) is 0 Å². The molecule has 1 atom stereocenters. The molecular formula is C12H14N2O7. The first-order valence-electron chi connectivity index (χ1n) is 5.84. The molecule has 0 radical (unpaired) electrons. The van der Waals surface area contributed by atoms with Crippen LogP contribution in [0.4, 0.5) is 5.69 Å². The predicted octanol–water partition coefficient (Wildman–Crippen LogP) is -0.376. The first kappa shape index (κ1) is 16.4. The van der Waals surface area contributed by atoms with E-state index in [2.05, 4.69) is 10.1 Å². The van der Waals surface area contributed by atoms with Gasteiger partial charge in [0.1, 0.15) is 5.75 Å². The van der Waals surface area contributed by atoms with Gasteiger partial charge in [0.25, 0.3) is 11.6 Å². The van der Waals surface area contributed by atoms with Crippen LogP contribution in [-0.2, 0) is 14.3 Å². The number of nitrogens with zero attached hydrogens (tertiary/aromatic N) is 1. The highest BCUT2D eigenvalue weighted by Crippen LogP contribution is 2.18. The van der Waals surface area contributed by atoms with Gasteiger partial charge < -0.3 is 19.9 Å². The van der Waals surface area contributed by atoms with Crippen LogP contribution in [0.5, 0.6) is 5.75 Å². The summed E-state index contributed by atoms with van der Waals surface area (Å²) in [5, 5.41) is 22.1. The number of ether oxygens (including phenoxy) is 2. The van der Waals surface area contributed by atoms with E-state index in [0.717, 1.165) is 7.11 Å². The second-order valence-corrected chi connectivity index (χ2v) is 3.89. The van der Waals surface area contributed by atoms with Crippen LogP contribution < -0.4 is 10.1 Å². The monoisotopic (exact) mass is 298 g/mol. The largest absolute Gasteiger partial charge is 0.484 e. The van der Waals surface area contributed by atoms with Gasteiger partial charge in [-0.05, 0) is 6.07 Å². The second kappa shape index (κ2) is 7.80. The van der Waals surface area contributed by atoms with Crippen LogP contribution in [0, 0.1) is 10.1 Å². The molecule has 0 spiro atoms. The molecule has 1 unspecified atom stereocenters. The van der Waals surface area contributed by atoms with Gasteiger partial charge in [-0.3, -0.25) is 14.9 Å². The van der Waals surface area contributed by atoms with E-state index < -0.39 is 29.5 Å². The lowest BCUT2D eigenvalue weighted by molar-refractivity contribution is -0.384. The number of amides is 1. The van der Waals surface area contributed by atoms with E-state index in [1.165, 1.54) is 24.3 Å². The van der Waals surface area contributed by atoms with Crippen LogP contribution in [0.15, 0.2) is 24.3 Å². The van der Waals surface area contributed by atoms with Crippen LogP contribution in [0.3, 0.4) is 0 Å². The van der Waals surface area contributed by atoms with Gasteiger partial charge in [0.05, 0.1) is 24.6 Å². The van der Waals surface area contributed by atoms with Crippen molar-refractivity contribution < 1.29 is 29.1 Å². The summed E-state index contributed by atoms with van der Waals surface area (Å²) in [6.07, 6.45) is -1.46. The number of methoxy groups -OCH3 is 1. The molecule has 0 aliphatic rings. The lowest BCUT2D eigenvalue weighted by Crippen LogP contribution is -2.39. The Morgan fingerprint density at radius 2 is 2.19 bits per heavy atom. The smallest absolute Gasteiger partial charge is 0.336 e. The van der Waals surface area contributed by atoms with E-state index in [-0.39, 0.29) is 18.0 Å². The Hall–Kier alpha value is -2.68. The van der Waals surface area contributed by atoms with Crippen LogP contribution in [-0.4, -0.2) is 48.3 Å². The molecule has 9 nitrogen and oxygen atoms in total. The third-order valence-electron chi connectivity index (χ3n) is 2.36. The Morgan fingerprint density at radius 1 is 1.48 bits per heavy atom. The summed E-state index contributed by atoms with van der Waals surface area (Å²) >= 11 is 0. The van der Waals surface area contributed by atoms with E-state index in [9.17, 15) is 24.8 Å². The Kier molecular flexibility index (Phi) is 6.08. The molecule has 0 aliphatic carbocycles. The molecule has 0 fully saturated rings. The van der Waals surface area contributed by atoms with Crippen molar-refractivity contribution in [1.29, 1.82) is 0 Å². The van der Waals surface area contributed by atoms with Crippen molar-refractivity contribution in [1.82, 2.24) is 5.32 Å². The molecule has 1 aromatic rings. The standard InChI is InChI=1S/C12H14N2O7/c1-20-12(17)10(15)6-13-11(16)7-21-9-4-2-3-8(5-9)14(18)19/h2-5,10,15H,6-7H2,1H3,(H,13,16). The average Bonchev–Trinajstić information content (AvgIpc) is 2.49. The van der Waals surface area contributed by atoms with Crippen molar-refractivity contribution in [3.63, 3.8) is 0 Å². The van der Waals surface area contributed by atoms with Crippen molar-refractivity contribution in [3.05, 3.63) is 34.4 Å². The molecule has 1 amide bonds. The van der Waals surface area contributed by atoms with E-state index in [1.54, 1.807) is 0 Å². The molecule has 114 valence electrons. The normalized spacial score (nSPS) is 11.3. The number of hydrogen-bond donors (Lipinski definition) is 2. The lowest BCUT2D eigenvalue weighted by atomic mass is 10.3. The topological polar surface area (TPSA) is 128 Å². The van der Waals surface area contributed by atoms with Gasteiger partial charge >= 0.3 is 5.97 Å². The first-order chi connectivity index (χ1) is 9.93. The van der Waals surface area contributed by atoms with E-state index in [4.69, 9.17) is 4.74 Å². The first-order valence-corrected chi connectivity index (χ1v) is 5.84. The van der Waals surface area contributed by atoms with Crippen LogP contribution in [0.2, 0.25) is 0 Å². The van der Waals surface area contributed by atoms with Crippen molar-refractivity contribution >= 4 is 17.6 Å². The van der Waals surface area contributed by atoms with Crippen molar-refractivity contribution in [3.8, 4) is 5.75 Å². The van der Waals surface area contributed by atoms with E-state index in [0.29, 0.717) is 0 Å². The summed E-state index contributed by atoms with van der Waals surface area (Å²) in [6.45, 7) is -0.723. The number of aliphatic hydroxyl groups is 1. The number of rotatable bonds is 7. The summed E-state index contributed by atoms with van der Waals surface area (Å²) < 4.78 is 9.34. The maximum Gasteiger partial charge on any atom is 0.336 e. The molecule has 9 heteroatoms. The minimum Gasteiger partial charge on any atom is -0.484 e. The Labute approximate surface area is 119 Å². The number of nitro benzene ring substituents is 1. The van der Waals surface area contributed by atoms with Crippen molar-refractivity contribution in [2.24, 2.45) is 0 Å². The third kappa shape index (κ3) is 5.45. The number of aliphatic hydroxyl groups excluding tert-OH is 1. The molecule has 1 rings (SSSR count). The number of non-ortho nitro benzene ring substituents is 1. The van der Waals surface area contributed by atoms with E-state index >= 15 is 0 Å². The average molecular weight is 298 g/mol. The fourth-order valence-electron chi connectivity index (χ4n) is 1.32. The van der Waals surface area contributed by atoms with Crippen LogP contribution in [0.25, 0.3) is 0 Å². The molecule has 0 saturated heterocycles. The molecule has 1 aromatic carbocycles. The molecule has 0 bridgehead atoms. The Bertz CT molecular complexity index is 532. The minimum absolute atomic E-state index is 0.158. The fourth-order valence-corrected chi connectivity index (χ4v) is 1.32. The molecule has 0 aliphatic heterocycles. The third-order valence-corrected chi connectivity index (χ3v) is 2.36. The fraction of sp³-hybridized carbons (Fsp3) is 0.333. The maximum absolute atomic E-state index is 11.4. The Balaban J connectivity index is 2.41. The van der Waals surface area contributed by atoms with Gasteiger partial charge in [-0.1, -0.05) is 6.07 Å². The summed E-state index contributed by atoms with van der Waals surface area (Å²) in [5.74, 6) is -1.30. The zero-order valence-corrected chi connectivity index (χ0v) is 11.1. The van der Waals surface area contributed by atoms with Gasteiger partial charge in [0.2, 0.25) is 0 Å². The van der Waals surface area contributed by atoms with E-state index in [1.807, 2.05) is 0 Å². The summed E-state index contributed by atoms with van der Waals surface area (Å²) in [4.78, 5) is 32.3. The molecule has 0 heterocycles. The minimum atomic E-state index is -1.46. The second-order valence-electron chi connectivity index (χ2n) is 3.89. The number of nitro groups is 1. The lowest BCUT2D eigenvalue weighted by Gasteiger charge is -2.10. The number of hydrogen-bond acceptors (Lipinski definition) is 7. The van der Waals surface area contributed by atoms with Crippen LogP contribution >= 0.6 is 0 Å². The molecular weight excluding hydrogens is 284 g/mol. The number of carbonyl (C=O) groups excluding carboxylic acids is 2. The van der Waals surface area contributed by atoms with Gasteiger partial charge in [-0.2, -0.15) is 0 Å². The van der Waals surface area contributed by atoms with Crippen molar-refractivity contribution in [2.45, 2.75) is 6.10 Å². The summed E-state index contributed by atoms with van der Waals surface area (Å²) in [5.41, 5.74) is -0.158. The zero-order valence-electron chi connectivity index (χ0n) is 11.1. The highest BCUT2D eigenvalue weighted by molar-refractivity contribution is 5.79. The van der Waals surface area contributed by atoms with Crippen LogP contribution in [0.1, 0.15) is 0 Å². The molecule has 2 N–H and O–H groups in total. The highest BCUT2D eigenvalue weighted by atomic mass is 16.6. The number of esters is 1. The zero-order chi connectivity index (χ0) is 15.8. The van der Waals surface area contributed by atoms with Gasteiger partial charge in [0, 0.05) is 6.07 Å². The summed E-state index contributed by atoms with van der Waals surface area (Å²) in [6, 6.07) is 5.35. The quantitative estimate of drug-likeness (QED) is 0.399. The van der Waals surface area contributed by atoms with Gasteiger partial charge in [-0.25, -0.2) is 4.79 Å².